The van der Waals surface area contributed by atoms with Crippen LogP contribution in [0.5, 0.6) is 5.75 Å². The molecule has 0 bridgehead atoms. The van der Waals surface area contributed by atoms with Gasteiger partial charge in [-0.2, -0.15) is 0 Å². The van der Waals surface area contributed by atoms with Crippen molar-refractivity contribution in [1.29, 1.82) is 0 Å². The molecule has 6 heteroatoms. The van der Waals surface area contributed by atoms with Crippen LogP contribution < -0.4 is 21.1 Å². The number of rotatable bonds is 4. The summed E-state index contributed by atoms with van der Waals surface area (Å²) in [5.41, 5.74) is 12.3. The lowest BCUT2D eigenvalue weighted by atomic mass is 9.93. The van der Waals surface area contributed by atoms with Crippen molar-refractivity contribution in [2.24, 2.45) is 10.7 Å². The third kappa shape index (κ3) is 3.16. The Balaban J connectivity index is 1.53. The molecular weight excluding hydrogens is 379 g/mol. The minimum absolute atomic E-state index is 0.134. The van der Waals surface area contributed by atoms with E-state index in [1.54, 1.807) is 14.2 Å². The first-order valence-electron chi connectivity index (χ1n) is 10.5. The zero-order valence-electron chi connectivity index (χ0n) is 17.3. The number of hydrogen-bond acceptors (Lipinski definition) is 4. The average Bonchev–Trinajstić information content (AvgIpc) is 3.53. The normalized spacial score (nSPS) is 26.9. The second-order valence-corrected chi connectivity index (χ2v) is 8.40. The summed E-state index contributed by atoms with van der Waals surface area (Å²) in [6.07, 6.45) is 4.25. The smallest absolute Gasteiger partial charge is 0.190 e. The molecule has 30 heavy (non-hydrogen) atoms. The lowest BCUT2D eigenvalue weighted by molar-refractivity contribution is 0.328. The lowest BCUT2D eigenvalue weighted by Gasteiger charge is -2.40. The van der Waals surface area contributed by atoms with Crippen LogP contribution in [0.3, 0.4) is 0 Å². The monoisotopic (exact) mass is 406 g/mol. The quantitative estimate of drug-likeness (QED) is 0.722. The molecule has 0 saturated heterocycles. The molecule has 0 amide bonds. The number of allylic oxidation sites excluding steroid dienone is 1. The molecule has 2 aliphatic carbocycles. The van der Waals surface area contributed by atoms with E-state index in [9.17, 15) is 4.39 Å². The summed E-state index contributed by atoms with van der Waals surface area (Å²) >= 11 is 0. The molecule has 2 aromatic carbocycles. The summed E-state index contributed by atoms with van der Waals surface area (Å²) in [7, 11) is 3.48. The number of nitrogens with zero attached hydrogens (tertiary/aromatic N) is 1. The van der Waals surface area contributed by atoms with Gasteiger partial charge in [0.05, 0.1) is 7.11 Å². The number of benzene rings is 2. The Bertz CT molecular complexity index is 1040. The van der Waals surface area contributed by atoms with Gasteiger partial charge in [-0.25, -0.2) is 4.39 Å². The van der Waals surface area contributed by atoms with Crippen molar-refractivity contribution in [2.75, 3.05) is 14.2 Å². The minimum atomic E-state index is -1.01. The number of hydrogen-bond donors (Lipinski definition) is 3. The standard InChI is InChI=1S/C24H27FN4O/c1-27-23-20-12-11-19(15-5-8-17(25)9-6-15)22(20)28-24(26,29-23)16-7-10-18(14-3-4-14)21(13-16)30-2/h5-10,13-14,19,28H,3-4,11-12,26H2,1-2H3,(H,27,29). The molecule has 1 heterocycles. The van der Waals surface area contributed by atoms with Crippen LogP contribution >= 0.6 is 0 Å². The van der Waals surface area contributed by atoms with Crippen LogP contribution in [0.15, 0.2) is 58.7 Å². The lowest BCUT2D eigenvalue weighted by Crippen LogP contribution is -2.65. The highest BCUT2D eigenvalue weighted by atomic mass is 19.1. The largest absolute Gasteiger partial charge is 0.496 e. The van der Waals surface area contributed by atoms with Crippen molar-refractivity contribution in [3.05, 3.63) is 76.2 Å². The van der Waals surface area contributed by atoms with E-state index in [2.05, 4.69) is 27.8 Å². The van der Waals surface area contributed by atoms with Gasteiger partial charge in [-0.3, -0.25) is 10.7 Å². The predicted octanol–water partition coefficient (Wildman–Crippen LogP) is 3.83. The fraction of sp³-hybridized carbons (Fsp3) is 0.375. The molecule has 4 N–H and O–H groups in total. The molecule has 0 spiro atoms. The fourth-order valence-electron chi connectivity index (χ4n) is 4.74. The van der Waals surface area contributed by atoms with Crippen molar-refractivity contribution in [3.63, 3.8) is 0 Å². The SMILES string of the molecule is CN=C1NC(N)(c2ccc(C3CC3)c(OC)c2)NC2=C1CCC2c1ccc(F)cc1. The molecule has 0 aromatic heterocycles. The van der Waals surface area contributed by atoms with Crippen molar-refractivity contribution in [1.82, 2.24) is 10.6 Å². The van der Waals surface area contributed by atoms with E-state index in [4.69, 9.17) is 10.5 Å². The maximum Gasteiger partial charge on any atom is 0.190 e. The van der Waals surface area contributed by atoms with Gasteiger partial charge >= 0.3 is 0 Å². The Morgan fingerprint density at radius 2 is 1.87 bits per heavy atom. The van der Waals surface area contributed by atoms with E-state index in [1.807, 2.05) is 18.2 Å². The van der Waals surface area contributed by atoms with Crippen LogP contribution in [-0.4, -0.2) is 20.0 Å². The zero-order chi connectivity index (χ0) is 20.9. The second kappa shape index (κ2) is 7.13. The molecule has 1 aliphatic heterocycles. The average molecular weight is 407 g/mol. The van der Waals surface area contributed by atoms with Gasteiger partial charge in [0.25, 0.3) is 0 Å². The summed E-state index contributed by atoms with van der Waals surface area (Å²) < 4.78 is 19.1. The van der Waals surface area contributed by atoms with Crippen LogP contribution in [0.25, 0.3) is 0 Å². The molecule has 1 fully saturated rings. The minimum Gasteiger partial charge on any atom is -0.496 e. The maximum absolute atomic E-state index is 13.4. The van der Waals surface area contributed by atoms with Crippen LogP contribution in [0.4, 0.5) is 4.39 Å². The summed E-state index contributed by atoms with van der Waals surface area (Å²) in [4.78, 5) is 4.49. The molecule has 1 saturated carbocycles. The van der Waals surface area contributed by atoms with Crippen LogP contribution in [0, 0.1) is 5.82 Å². The van der Waals surface area contributed by atoms with Crippen LogP contribution in [0.1, 0.15) is 54.2 Å². The van der Waals surface area contributed by atoms with E-state index in [-0.39, 0.29) is 11.7 Å². The van der Waals surface area contributed by atoms with Crippen molar-refractivity contribution >= 4 is 5.84 Å². The van der Waals surface area contributed by atoms with Gasteiger partial charge < -0.3 is 15.4 Å². The highest BCUT2D eigenvalue weighted by Crippen LogP contribution is 2.46. The molecule has 2 aromatic rings. The number of halogens is 1. The van der Waals surface area contributed by atoms with Gasteiger partial charge in [-0.05, 0) is 60.9 Å². The van der Waals surface area contributed by atoms with Gasteiger partial charge in [0.2, 0.25) is 0 Å². The molecular formula is C24H27FN4O. The van der Waals surface area contributed by atoms with Crippen molar-refractivity contribution in [2.45, 2.75) is 43.3 Å². The number of aliphatic imine (C=N–C) groups is 1. The summed E-state index contributed by atoms with van der Waals surface area (Å²) in [5, 5.41) is 6.97. The maximum atomic E-state index is 13.4. The topological polar surface area (TPSA) is 71.7 Å². The van der Waals surface area contributed by atoms with Gasteiger partial charge in [0.15, 0.2) is 5.79 Å². The number of nitrogens with one attached hydrogen (secondary N) is 2. The van der Waals surface area contributed by atoms with Crippen LogP contribution in [-0.2, 0) is 5.79 Å². The molecule has 2 unspecified atom stereocenters. The van der Waals surface area contributed by atoms with E-state index in [1.165, 1.54) is 30.5 Å². The first kappa shape index (κ1) is 19.1. The van der Waals surface area contributed by atoms with Gasteiger partial charge in [-0.1, -0.05) is 24.3 Å². The Labute approximate surface area is 176 Å². The number of methoxy groups -OCH3 is 1. The molecule has 3 aliphatic rings. The summed E-state index contributed by atoms with van der Waals surface area (Å²) in [6.45, 7) is 0. The third-order valence-electron chi connectivity index (χ3n) is 6.49. The number of nitrogens with two attached hydrogens (primary N) is 1. The van der Waals surface area contributed by atoms with E-state index >= 15 is 0 Å². The van der Waals surface area contributed by atoms with E-state index in [0.29, 0.717) is 5.92 Å². The molecule has 2 atom stereocenters. The summed E-state index contributed by atoms with van der Waals surface area (Å²) in [5.74, 6) is 1.17. The van der Waals surface area contributed by atoms with Gasteiger partial charge in [0, 0.05) is 29.8 Å². The highest BCUT2D eigenvalue weighted by molar-refractivity contribution is 6.01. The number of ether oxygens (including phenoxy) is 1. The summed E-state index contributed by atoms with van der Waals surface area (Å²) in [6, 6.07) is 13.0. The van der Waals surface area contributed by atoms with Gasteiger partial charge in [0.1, 0.15) is 17.4 Å². The van der Waals surface area contributed by atoms with Gasteiger partial charge in [-0.15, -0.1) is 0 Å². The Morgan fingerprint density at radius 3 is 2.53 bits per heavy atom. The zero-order valence-corrected chi connectivity index (χ0v) is 17.3. The Kier molecular flexibility index (Phi) is 4.54. The number of amidine groups is 1. The first-order valence-corrected chi connectivity index (χ1v) is 10.5. The fourth-order valence-corrected chi connectivity index (χ4v) is 4.74. The predicted molar refractivity (Wildman–Crippen MR) is 116 cm³/mol. The molecule has 0 radical (unpaired) electrons. The third-order valence-corrected chi connectivity index (χ3v) is 6.49. The Morgan fingerprint density at radius 1 is 1.10 bits per heavy atom. The Hall–Kier alpha value is -2.86. The van der Waals surface area contributed by atoms with Crippen molar-refractivity contribution < 1.29 is 9.13 Å². The van der Waals surface area contributed by atoms with Crippen molar-refractivity contribution in [3.8, 4) is 5.75 Å². The molecule has 5 rings (SSSR count). The first-order chi connectivity index (χ1) is 14.5. The van der Waals surface area contributed by atoms with Crippen LogP contribution in [0.2, 0.25) is 0 Å². The van der Waals surface area contributed by atoms with E-state index in [0.717, 1.165) is 46.8 Å². The molecule has 156 valence electrons. The highest BCUT2D eigenvalue weighted by Gasteiger charge is 2.42. The van der Waals surface area contributed by atoms with E-state index < -0.39 is 5.79 Å². The molecule has 5 nitrogen and oxygen atoms in total. The second-order valence-electron chi connectivity index (χ2n) is 8.40.